The molecular weight excluding hydrogens is 256 g/mol. The number of hydrogen-bond donors (Lipinski definition) is 1. The number of aromatic nitrogens is 2. The fraction of sp³-hybridized carbons (Fsp3) is 0.286. The summed E-state index contributed by atoms with van der Waals surface area (Å²) in [6.07, 6.45) is 3.88. The number of aryl methyl sites for hydroxylation is 1. The Morgan fingerprint density at radius 2 is 2.05 bits per heavy atom. The molecule has 3 rings (SSSR count). The van der Waals surface area contributed by atoms with Crippen molar-refractivity contribution in [1.82, 2.24) is 19.8 Å². The van der Waals surface area contributed by atoms with Gasteiger partial charge in [-0.15, -0.1) is 0 Å². The van der Waals surface area contributed by atoms with E-state index in [9.17, 15) is 0 Å². The van der Waals surface area contributed by atoms with Crippen molar-refractivity contribution >= 4 is 17.3 Å². The van der Waals surface area contributed by atoms with Crippen LogP contribution in [0, 0.1) is 0 Å². The van der Waals surface area contributed by atoms with Crippen molar-refractivity contribution in [3.8, 4) is 0 Å². The Morgan fingerprint density at radius 1 is 1.21 bits per heavy atom. The van der Waals surface area contributed by atoms with Crippen molar-refractivity contribution in [1.29, 1.82) is 0 Å². The van der Waals surface area contributed by atoms with Gasteiger partial charge in [0, 0.05) is 32.2 Å². The van der Waals surface area contributed by atoms with Crippen LogP contribution < -0.4 is 5.32 Å². The van der Waals surface area contributed by atoms with Gasteiger partial charge in [-0.2, -0.15) is 0 Å². The van der Waals surface area contributed by atoms with Gasteiger partial charge < -0.3 is 14.8 Å². The van der Waals surface area contributed by atoms with Crippen LogP contribution in [0.2, 0.25) is 0 Å². The summed E-state index contributed by atoms with van der Waals surface area (Å²) in [5.41, 5.74) is 2.24. The van der Waals surface area contributed by atoms with Crippen LogP contribution in [0.15, 0.2) is 42.7 Å². The van der Waals surface area contributed by atoms with Crippen LogP contribution in [0.25, 0.3) is 0 Å². The molecule has 0 aliphatic carbocycles. The SMILES string of the molecule is CN1C(=S)N[C@H](c2ccccn2)[C@@H]1c1cccn1C. The van der Waals surface area contributed by atoms with Crippen LogP contribution in [0.4, 0.5) is 0 Å². The van der Waals surface area contributed by atoms with Crippen molar-refractivity contribution in [2.24, 2.45) is 7.05 Å². The molecule has 3 heterocycles. The molecule has 0 bridgehead atoms. The van der Waals surface area contributed by atoms with Gasteiger partial charge in [0.05, 0.1) is 17.8 Å². The summed E-state index contributed by atoms with van der Waals surface area (Å²) in [6.45, 7) is 0. The molecule has 19 heavy (non-hydrogen) atoms. The van der Waals surface area contributed by atoms with E-state index in [0.717, 1.165) is 10.8 Å². The van der Waals surface area contributed by atoms with Crippen molar-refractivity contribution in [2.75, 3.05) is 7.05 Å². The Morgan fingerprint density at radius 3 is 2.68 bits per heavy atom. The molecule has 2 atom stereocenters. The molecule has 1 aliphatic heterocycles. The van der Waals surface area contributed by atoms with Gasteiger partial charge in [0.2, 0.25) is 0 Å². The zero-order chi connectivity index (χ0) is 13.4. The third-order valence-electron chi connectivity index (χ3n) is 3.63. The van der Waals surface area contributed by atoms with E-state index >= 15 is 0 Å². The third-order valence-corrected chi connectivity index (χ3v) is 4.03. The average molecular weight is 272 g/mol. The van der Waals surface area contributed by atoms with Gasteiger partial charge in [-0.05, 0) is 36.5 Å². The topological polar surface area (TPSA) is 33.1 Å². The van der Waals surface area contributed by atoms with Crippen molar-refractivity contribution in [3.05, 3.63) is 54.1 Å². The van der Waals surface area contributed by atoms with Crippen LogP contribution in [0.3, 0.4) is 0 Å². The molecule has 0 aromatic carbocycles. The summed E-state index contributed by atoms with van der Waals surface area (Å²) < 4.78 is 2.13. The number of thiocarbonyl (C=S) groups is 1. The van der Waals surface area contributed by atoms with Gasteiger partial charge in [-0.3, -0.25) is 4.98 Å². The lowest BCUT2D eigenvalue weighted by Gasteiger charge is -2.24. The molecule has 0 amide bonds. The first-order chi connectivity index (χ1) is 9.18. The molecule has 0 unspecified atom stereocenters. The number of nitrogens with zero attached hydrogens (tertiary/aromatic N) is 3. The molecule has 0 saturated carbocycles. The largest absolute Gasteiger partial charge is 0.353 e. The summed E-state index contributed by atoms with van der Waals surface area (Å²) in [5, 5.41) is 4.13. The second-order valence-electron chi connectivity index (χ2n) is 4.78. The summed E-state index contributed by atoms with van der Waals surface area (Å²) >= 11 is 5.39. The van der Waals surface area contributed by atoms with Crippen molar-refractivity contribution < 1.29 is 0 Å². The molecule has 2 aromatic heterocycles. The van der Waals surface area contributed by atoms with Crippen LogP contribution in [0.1, 0.15) is 23.5 Å². The van der Waals surface area contributed by atoms with Gasteiger partial charge in [0.25, 0.3) is 0 Å². The monoisotopic (exact) mass is 272 g/mol. The minimum atomic E-state index is 0.0901. The fourth-order valence-electron chi connectivity index (χ4n) is 2.61. The van der Waals surface area contributed by atoms with Crippen LogP contribution in [-0.4, -0.2) is 26.6 Å². The number of likely N-dealkylation sites (N-methyl/N-ethyl adjacent to an activating group) is 1. The number of hydrogen-bond acceptors (Lipinski definition) is 2. The first-order valence-corrected chi connectivity index (χ1v) is 6.65. The van der Waals surface area contributed by atoms with Gasteiger partial charge in [0.15, 0.2) is 5.11 Å². The Balaban J connectivity index is 2.04. The molecule has 5 heteroatoms. The highest BCUT2D eigenvalue weighted by Gasteiger charge is 2.38. The molecule has 1 N–H and O–H groups in total. The normalized spacial score (nSPS) is 22.6. The Labute approximate surface area is 118 Å². The smallest absolute Gasteiger partial charge is 0.169 e. The van der Waals surface area contributed by atoms with Crippen molar-refractivity contribution in [2.45, 2.75) is 12.1 Å². The minimum absolute atomic E-state index is 0.0901. The molecule has 1 saturated heterocycles. The quantitative estimate of drug-likeness (QED) is 0.848. The zero-order valence-corrected chi connectivity index (χ0v) is 11.8. The highest BCUT2D eigenvalue weighted by atomic mass is 32.1. The van der Waals surface area contributed by atoms with Gasteiger partial charge in [-0.25, -0.2) is 0 Å². The standard InChI is InChI=1S/C14H16N4S/c1-17-9-5-7-11(17)13-12(16-14(19)18(13)2)10-6-3-4-8-15-10/h3-9,12-13H,1-2H3,(H,16,19)/t12-,13+/m1/s1. The molecule has 2 aromatic rings. The summed E-state index contributed by atoms with van der Waals surface area (Å²) in [6, 6.07) is 10.4. The molecular formula is C14H16N4S. The van der Waals surface area contributed by atoms with E-state index in [1.165, 1.54) is 5.69 Å². The minimum Gasteiger partial charge on any atom is -0.353 e. The lowest BCUT2D eigenvalue weighted by Crippen LogP contribution is -2.25. The number of rotatable bonds is 2. The van der Waals surface area contributed by atoms with E-state index in [0.29, 0.717) is 0 Å². The molecule has 98 valence electrons. The van der Waals surface area contributed by atoms with Crippen LogP contribution >= 0.6 is 12.2 Å². The van der Waals surface area contributed by atoms with E-state index in [1.807, 2.05) is 31.4 Å². The highest BCUT2D eigenvalue weighted by Crippen LogP contribution is 2.37. The first-order valence-electron chi connectivity index (χ1n) is 6.24. The second-order valence-corrected chi connectivity index (χ2v) is 5.17. The summed E-state index contributed by atoms with van der Waals surface area (Å²) in [4.78, 5) is 6.56. The maximum absolute atomic E-state index is 5.39. The maximum atomic E-state index is 5.39. The van der Waals surface area contributed by atoms with E-state index < -0.39 is 0 Å². The second kappa shape index (κ2) is 4.66. The predicted octanol–water partition coefficient (Wildman–Crippen LogP) is 2.02. The third kappa shape index (κ3) is 2.00. The van der Waals surface area contributed by atoms with E-state index in [1.54, 1.807) is 0 Å². The van der Waals surface area contributed by atoms with Crippen LogP contribution in [0.5, 0.6) is 0 Å². The predicted molar refractivity (Wildman–Crippen MR) is 78.6 cm³/mol. The fourth-order valence-corrected chi connectivity index (χ4v) is 2.85. The van der Waals surface area contributed by atoms with Crippen LogP contribution in [-0.2, 0) is 7.05 Å². The van der Waals surface area contributed by atoms with E-state index in [2.05, 4.69) is 45.1 Å². The Hall–Kier alpha value is -1.88. The zero-order valence-electron chi connectivity index (χ0n) is 10.9. The molecule has 1 aliphatic rings. The molecule has 4 nitrogen and oxygen atoms in total. The number of nitrogens with one attached hydrogen (secondary N) is 1. The highest BCUT2D eigenvalue weighted by molar-refractivity contribution is 7.80. The molecule has 0 radical (unpaired) electrons. The lowest BCUT2D eigenvalue weighted by molar-refractivity contribution is 0.353. The lowest BCUT2D eigenvalue weighted by atomic mass is 10.0. The van der Waals surface area contributed by atoms with Gasteiger partial charge >= 0.3 is 0 Å². The molecule has 1 fully saturated rings. The summed E-state index contributed by atoms with van der Waals surface area (Å²) in [7, 11) is 4.08. The van der Waals surface area contributed by atoms with E-state index in [-0.39, 0.29) is 12.1 Å². The van der Waals surface area contributed by atoms with Crippen molar-refractivity contribution in [3.63, 3.8) is 0 Å². The maximum Gasteiger partial charge on any atom is 0.169 e. The summed E-state index contributed by atoms with van der Waals surface area (Å²) in [5.74, 6) is 0. The van der Waals surface area contributed by atoms with Gasteiger partial charge in [-0.1, -0.05) is 6.07 Å². The van der Waals surface area contributed by atoms with Gasteiger partial charge in [0.1, 0.15) is 0 Å². The Kier molecular flexibility index (Phi) is 2.98. The van der Waals surface area contributed by atoms with E-state index in [4.69, 9.17) is 12.2 Å². The number of pyridine rings is 1. The Bertz CT molecular complexity index is 593. The molecule has 0 spiro atoms. The first kappa shape index (κ1) is 12.2. The average Bonchev–Trinajstić information content (AvgIpc) is 2.96.